The smallest absolute Gasteiger partial charge is 0.0541 e. The molecule has 0 spiro atoms. The van der Waals surface area contributed by atoms with Gasteiger partial charge in [0.25, 0.3) is 0 Å². The maximum absolute atomic E-state index is 2.42. The Morgan fingerprint density at radius 3 is 0.887 bits per heavy atom. The number of aromatic nitrogens is 4. The molecule has 4 heterocycles. The molecule has 106 heavy (non-hydrogen) atoms. The summed E-state index contributed by atoms with van der Waals surface area (Å²) >= 11 is 0. The maximum Gasteiger partial charge on any atom is 0.0541 e. The van der Waals surface area contributed by atoms with E-state index in [1.807, 2.05) is 0 Å². The molecule has 0 radical (unpaired) electrons. The molecule has 0 saturated heterocycles. The molecule has 0 saturated carbocycles. The quantitative estimate of drug-likeness (QED) is 0.122. The van der Waals surface area contributed by atoms with Gasteiger partial charge in [0.15, 0.2) is 0 Å². The predicted octanol–water partition coefficient (Wildman–Crippen LogP) is 27.3. The largest absolute Gasteiger partial charge is 0.310 e. The van der Waals surface area contributed by atoms with Crippen molar-refractivity contribution in [2.75, 3.05) is 9.80 Å². The van der Waals surface area contributed by atoms with Gasteiger partial charge in [0.2, 0.25) is 0 Å². The Bertz CT molecular complexity index is 6260. The van der Waals surface area contributed by atoms with Gasteiger partial charge in [-0.2, -0.15) is 0 Å². The van der Waals surface area contributed by atoms with Gasteiger partial charge < -0.3 is 28.1 Å². The number of fused-ring (bicyclic) bond motifs is 12. The highest BCUT2D eigenvalue weighted by Crippen LogP contribution is 2.45. The normalized spacial score (nSPS) is 11.6. The lowest BCUT2D eigenvalue weighted by Crippen LogP contribution is -2.12. The van der Waals surface area contributed by atoms with Crippen molar-refractivity contribution in [2.45, 2.75) is 27.7 Å². The van der Waals surface area contributed by atoms with Gasteiger partial charge >= 0.3 is 0 Å². The molecule has 0 aliphatic heterocycles. The number of para-hydroxylation sites is 10. The Kier molecular flexibility index (Phi) is 15.7. The van der Waals surface area contributed by atoms with Gasteiger partial charge in [-0.05, 0) is 230 Å². The van der Waals surface area contributed by atoms with Crippen LogP contribution in [0.2, 0.25) is 0 Å². The van der Waals surface area contributed by atoms with E-state index >= 15 is 0 Å². The monoisotopic (exact) mass is 1360 g/mol. The van der Waals surface area contributed by atoms with E-state index in [0.29, 0.717) is 0 Å². The molecule has 16 aromatic carbocycles. The van der Waals surface area contributed by atoms with E-state index in [4.69, 9.17) is 0 Å². The van der Waals surface area contributed by atoms with Crippen molar-refractivity contribution in [3.63, 3.8) is 0 Å². The molecule has 504 valence electrons. The first-order valence-corrected chi connectivity index (χ1v) is 36.6. The average Bonchev–Trinajstić information content (AvgIpc) is 1.73. The first-order chi connectivity index (χ1) is 52.3. The molecule has 6 heteroatoms. The Labute approximate surface area is 616 Å². The van der Waals surface area contributed by atoms with Crippen molar-refractivity contribution >= 4 is 121 Å². The summed E-state index contributed by atoms with van der Waals surface area (Å²) in [6.45, 7) is 8.99. The predicted molar refractivity (Wildman–Crippen MR) is 449 cm³/mol. The van der Waals surface area contributed by atoms with Crippen LogP contribution in [0.1, 0.15) is 22.3 Å². The first kappa shape index (κ1) is 63.3. The van der Waals surface area contributed by atoms with E-state index in [1.165, 1.54) is 166 Å². The molecule has 20 rings (SSSR count). The molecule has 6 nitrogen and oxygen atoms in total. The molecular weight excluding hydrogens is 1290 g/mol. The summed E-state index contributed by atoms with van der Waals surface area (Å²) in [5, 5.41) is 10.1. The van der Waals surface area contributed by atoms with Crippen LogP contribution in [0.5, 0.6) is 0 Å². The number of hydrogen-bond acceptors (Lipinski definition) is 2. The highest BCUT2D eigenvalue weighted by atomic mass is 15.2. The molecule has 0 aliphatic carbocycles. The number of nitrogens with zero attached hydrogens (tertiary/aromatic N) is 6. The lowest BCUT2D eigenvalue weighted by Gasteiger charge is -2.29. The average molecular weight is 1360 g/mol. The van der Waals surface area contributed by atoms with Gasteiger partial charge in [0.1, 0.15) is 0 Å². The van der Waals surface area contributed by atoms with E-state index in [1.54, 1.807) is 0 Å². The second-order valence-corrected chi connectivity index (χ2v) is 27.8. The van der Waals surface area contributed by atoms with E-state index in [2.05, 4.69) is 432 Å². The Balaban J connectivity index is 0.000000145. The van der Waals surface area contributed by atoms with Crippen molar-refractivity contribution in [3.05, 3.63) is 398 Å². The van der Waals surface area contributed by atoms with Gasteiger partial charge in [0, 0.05) is 100.0 Å². The van der Waals surface area contributed by atoms with Crippen LogP contribution in [0, 0.1) is 27.7 Å². The number of anilines is 6. The van der Waals surface area contributed by atoms with Gasteiger partial charge in [-0.15, -0.1) is 0 Å². The minimum absolute atomic E-state index is 1.12. The second-order valence-electron chi connectivity index (χ2n) is 27.8. The lowest BCUT2D eigenvalue weighted by atomic mass is 10.0. The summed E-state index contributed by atoms with van der Waals surface area (Å²) in [6.07, 6.45) is 0. The lowest BCUT2D eigenvalue weighted by molar-refractivity contribution is 1.12. The van der Waals surface area contributed by atoms with Crippen LogP contribution < -0.4 is 9.80 Å². The first-order valence-electron chi connectivity index (χ1n) is 36.6. The van der Waals surface area contributed by atoms with Gasteiger partial charge in [-0.3, -0.25) is 0 Å². The highest BCUT2D eigenvalue weighted by Gasteiger charge is 2.24. The zero-order valence-corrected chi connectivity index (χ0v) is 59.5. The summed E-state index contributed by atoms with van der Waals surface area (Å²) in [5.74, 6) is 0. The third-order valence-electron chi connectivity index (χ3n) is 21.7. The molecule has 0 bridgehead atoms. The molecule has 20 aromatic rings. The van der Waals surface area contributed by atoms with Crippen molar-refractivity contribution in [1.29, 1.82) is 0 Å². The van der Waals surface area contributed by atoms with Crippen molar-refractivity contribution < 1.29 is 0 Å². The third kappa shape index (κ3) is 10.7. The zero-order valence-electron chi connectivity index (χ0n) is 59.5. The number of rotatable bonds is 12. The number of aryl methyl sites for hydroxylation is 2. The van der Waals surface area contributed by atoms with Crippen LogP contribution in [-0.4, -0.2) is 18.3 Å². The molecular formula is C100H74N6. The van der Waals surface area contributed by atoms with Crippen LogP contribution in [0.15, 0.2) is 376 Å². The Hall–Kier alpha value is -13.7. The van der Waals surface area contributed by atoms with Crippen LogP contribution in [-0.2, 0) is 0 Å². The van der Waals surface area contributed by atoms with Crippen molar-refractivity contribution in [2.24, 2.45) is 0 Å². The highest BCUT2D eigenvalue weighted by molar-refractivity contribution is 6.13. The summed E-state index contributed by atoms with van der Waals surface area (Å²) in [6, 6.07) is 136. The summed E-state index contributed by atoms with van der Waals surface area (Å²) < 4.78 is 9.58. The Morgan fingerprint density at radius 1 is 0.189 bits per heavy atom. The summed E-state index contributed by atoms with van der Waals surface area (Å²) in [4.78, 5) is 4.77. The van der Waals surface area contributed by atoms with E-state index in [-0.39, 0.29) is 0 Å². The molecule has 0 amide bonds. The topological polar surface area (TPSA) is 26.2 Å². The molecule has 0 N–H and O–H groups in total. The van der Waals surface area contributed by atoms with Crippen LogP contribution >= 0.6 is 0 Å². The molecule has 0 aliphatic rings. The van der Waals surface area contributed by atoms with Crippen LogP contribution in [0.3, 0.4) is 0 Å². The molecule has 4 aromatic heterocycles. The summed E-state index contributed by atoms with van der Waals surface area (Å²) in [7, 11) is 0. The van der Waals surface area contributed by atoms with E-state index < -0.39 is 0 Å². The SMILES string of the molecule is Cc1c(N(c2ccccc2)c2ccc(-c3ccc4c(c3)c3ccccc3n4-c3ccccc3)cc2)ccc(-n2c3ccccc3c3ccccc32)c1C.Cc1cc(-n2c3ccccc3c3ccccc32)c(C)cc1N(c1ccccc1)c1ccc(-c2ccc3c(c2)c2ccccc2n3-c2ccccc2)cc1. The maximum atomic E-state index is 2.42. The number of benzene rings is 16. The minimum atomic E-state index is 1.12. The van der Waals surface area contributed by atoms with Gasteiger partial charge in [-0.1, -0.05) is 218 Å². The fourth-order valence-corrected chi connectivity index (χ4v) is 16.5. The summed E-state index contributed by atoms with van der Waals surface area (Å²) in [5.41, 5.74) is 31.1. The molecule has 0 atom stereocenters. The van der Waals surface area contributed by atoms with Gasteiger partial charge in [-0.25, -0.2) is 0 Å². The fraction of sp³-hybridized carbons (Fsp3) is 0.0400. The van der Waals surface area contributed by atoms with Crippen molar-refractivity contribution in [1.82, 2.24) is 18.3 Å². The third-order valence-corrected chi connectivity index (χ3v) is 21.7. The van der Waals surface area contributed by atoms with E-state index in [9.17, 15) is 0 Å². The second kappa shape index (κ2) is 26.3. The minimum Gasteiger partial charge on any atom is -0.310 e. The van der Waals surface area contributed by atoms with Crippen LogP contribution in [0.25, 0.3) is 132 Å². The Morgan fingerprint density at radius 2 is 0.491 bits per heavy atom. The fourth-order valence-electron chi connectivity index (χ4n) is 16.5. The van der Waals surface area contributed by atoms with Crippen LogP contribution in [0.4, 0.5) is 34.1 Å². The van der Waals surface area contributed by atoms with E-state index in [0.717, 1.165) is 22.7 Å². The standard InChI is InChI=1S/2C50H37N3/c1-34-32-50(53-46-23-13-9-19-41(46)42-20-10-14-24-47(42)53)35(2)31-49(34)51(38-15-5-3-6-16-38)40-28-25-36(26-29-40)37-27-30-48-44(33-37)43-21-11-12-22-45(43)52(48)39-17-7-4-8-18-39;1-34-35(2)46(53-48-23-13-9-19-41(48)42-20-10-14-24-49(42)53)32-31-45(34)51(38-15-5-3-6-16-38)40-28-25-36(26-29-40)37-27-30-50-44(33-37)43-21-11-12-22-47(43)52(50)39-17-7-4-8-18-39/h2*3-33H,1-2H3. The zero-order chi connectivity index (χ0) is 70.9. The van der Waals surface area contributed by atoms with Crippen molar-refractivity contribution in [3.8, 4) is 45.0 Å². The van der Waals surface area contributed by atoms with Gasteiger partial charge in [0.05, 0.1) is 44.1 Å². The number of hydrogen-bond donors (Lipinski definition) is 0. The molecule has 0 fully saturated rings. The molecule has 0 unspecified atom stereocenters.